The van der Waals surface area contributed by atoms with Crippen LogP contribution in [0.15, 0.2) is 77.7 Å². The van der Waals surface area contributed by atoms with Crippen LogP contribution in [-0.4, -0.2) is 43.8 Å². The van der Waals surface area contributed by atoms with Gasteiger partial charge in [-0.15, -0.1) is 0 Å². The highest BCUT2D eigenvalue weighted by Crippen LogP contribution is 2.31. The molecule has 1 atom stereocenters. The van der Waals surface area contributed by atoms with E-state index in [1.54, 1.807) is 49.4 Å². The lowest BCUT2D eigenvalue weighted by molar-refractivity contribution is -0.139. The van der Waals surface area contributed by atoms with Gasteiger partial charge in [-0.2, -0.15) is 0 Å². The quantitative estimate of drug-likeness (QED) is 0.268. The summed E-state index contributed by atoms with van der Waals surface area (Å²) in [4.78, 5) is 28.8. The van der Waals surface area contributed by atoms with Crippen LogP contribution < -0.4 is 9.62 Å². The molecule has 0 unspecified atom stereocenters. The molecule has 3 aromatic carbocycles. The highest BCUT2D eigenvalue weighted by molar-refractivity contribution is 7.92. The Morgan fingerprint density at radius 2 is 1.61 bits per heavy atom. The summed E-state index contributed by atoms with van der Waals surface area (Å²) in [5.74, 6) is -0.860. The van der Waals surface area contributed by atoms with Crippen LogP contribution in [-0.2, 0) is 26.2 Å². The zero-order valence-corrected chi connectivity index (χ0v) is 25.7. The fourth-order valence-corrected chi connectivity index (χ4v) is 6.80. The van der Waals surface area contributed by atoms with Crippen LogP contribution in [0.3, 0.4) is 0 Å². The van der Waals surface area contributed by atoms with Crippen LogP contribution >= 0.6 is 34.8 Å². The van der Waals surface area contributed by atoms with Gasteiger partial charge in [0.2, 0.25) is 11.8 Å². The van der Waals surface area contributed by atoms with Crippen LogP contribution in [0.1, 0.15) is 44.6 Å². The van der Waals surface area contributed by atoms with Crippen molar-refractivity contribution in [3.8, 4) is 0 Å². The van der Waals surface area contributed by atoms with E-state index in [0.717, 1.165) is 36.4 Å². The predicted octanol–water partition coefficient (Wildman–Crippen LogP) is 6.71. The molecule has 1 N–H and O–H groups in total. The van der Waals surface area contributed by atoms with E-state index in [1.807, 2.05) is 0 Å². The number of amides is 2. The second-order valence-corrected chi connectivity index (χ2v) is 13.2. The van der Waals surface area contributed by atoms with Crippen molar-refractivity contribution >= 4 is 62.3 Å². The average molecular weight is 637 g/mol. The van der Waals surface area contributed by atoms with Gasteiger partial charge in [-0.05, 0) is 67.8 Å². The number of anilines is 1. The number of halogens is 3. The SMILES string of the molecule is C[C@@H](C(=O)NC1CCCCC1)N(Cc1cccc(Cl)c1)C(=O)CN(c1ccc(Cl)c(Cl)c1)S(=O)(=O)c1ccccc1. The van der Waals surface area contributed by atoms with Crippen LogP contribution in [0.25, 0.3) is 0 Å². The maximum Gasteiger partial charge on any atom is 0.264 e. The maximum absolute atomic E-state index is 14.0. The molecule has 2 amide bonds. The Kier molecular flexibility index (Phi) is 10.6. The Hall–Kier alpha value is -2.78. The second-order valence-electron chi connectivity index (χ2n) is 10.1. The molecule has 0 spiro atoms. The third kappa shape index (κ3) is 7.95. The summed E-state index contributed by atoms with van der Waals surface area (Å²) in [6.45, 7) is 1.13. The molecule has 0 radical (unpaired) electrons. The molecule has 0 heterocycles. The van der Waals surface area contributed by atoms with Crippen molar-refractivity contribution in [3.63, 3.8) is 0 Å². The number of rotatable bonds is 10. The predicted molar refractivity (Wildman–Crippen MR) is 164 cm³/mol. The molecule has 0 aromatic heterocycles. The van der Waals surface area contributed by atoms with Gasteiger partial charge in [0.15, 0.2) is 0 Å². The van der Waals surface area contributed by atoms with Crippen LogP contribution in [0.4, 0.5) is 5.69 Å². The van der Waals surface area contributed by atoms with E-state index in [-0.39, 0.29) is 39.1 Å². The fourth-order valence-electron chi connectivity index (χ4n) is 4.87. The topological polar surface area (TPSA) is 86.8 Å². The standard InChI is InChI=1S/C30H32Cl3N3O4S/c1-21(30(38)34-24-11-4-2-5-12-24)35(19-22-9-8-10-23(31)17-22)29(37)20-36(25-15-16-27(32)28(33)18-25)41(39,40)26-13-6-3-7-14-26/h3,6-10,13-18,21,24H,2,4-5,11-12,19-20H2,1H3,(H,34,38)/t21-/m0/s1. The molecule has 1 fully saturated rings. The van der Waals surface area contributed by atoms with E-state index < -0.39 is 28.5 Å². The second kappa shape index (κ2) is 13.9. The summed E-state index contributed by atoms with van der Waals surface area (Å²) in [5, 5.41) is 3.95. The lowest BCUT2D eigenvalue weighted by Crippen LogP contribution is -2.53. The lowest BCUT2D eigenvalue weighted by atomic mass is 9.95. The first-order valence-electron chi connectivity index (χ1n) is 13.4. The minimum absolute atomic E-state index is 0.00311. The largest absolute Gasteiger partial charge is 0.352 e. The number of carbonyl (C=O) groups is 2. The molecule has 1 aliphatic rings. The van der Waals surface area contributed by atoms with Gasteiger partial charge in [-0.25, -0.2) is 8.42 Å². The Bertz CT molecular complexity index is 1480. The number of nitrogens with one attached hydrogen (secondary N) is 1. The van der Waals surface area contributed by atoms with Crippen molar-refractivity contribution in [1.29, 1.82) is 0 Å². The summed E-state index contributed by atoms with van der Waals surface area (Å²) >= 11 is 18.6. The first kappa shape index (κ1) is 31.2. The average Bonchev–Trinajstić information content (AvgIpc) is 2.96. The molecule has 4 rings (SSSR count). The Balaban J connectivity index is 1.68. The Labute approximate surface area is 256 Å². The van der Waals surface area contributed by atoms with E-state index in [4.69, 9.17) is 34.8 Å². The van der Waals surface area contributed by atoms with Crippen molar-refractivity contribution in [2.75, 3.05) is 10.8 Å². The minimum atomic E-state index is -4.20. The van der Waals surface area contributed by atoms with E-state index in [1.165, 1.54) is 35.2 Å². The summed E-state index contributed by atoms with van der Waals surface area (Å²) in [6, 6.07) is 18.3. The van der Waals surface area contributed by atoms with Gasteiger partial charge in [-0.3, -0.25) is 13.9 Å². The van der Waals surface area contributed by atoms with Crippen LogP contribution in [0.2, 0.25) is 15.1 Å². The number of benzene rings is 3. The summed E-state index contributed by atoms with van der Waals surface area (Å²) in [5.41, 5.74) is 0.869. The Morgan fingerprint density at radius 1 is 0.902 bits per heavy atom. The molecule has 0 aliphatic heterocycles. The summed E-state index contributed by atoms with van der Waals surface area (Å²) < 4.78 is 28.7. The zero-order chi connectivity index (χ0) is 29.6. The smallest absolute Gasteiger partial charge is 0.264 e. The molecule has 0 bridgehead atoms. The first-order valence-corrected chi connectivity index (χ1v) is 16.0. The van der Waals surface area contributed by atoms with Gasteiger partial charge >= 0.3 is 0 Å². The summed E-state index contributed by atoms with van der Waals surface area (Å²) in [7, 11) is -4.20. The van der Waals surface area contributed by atoms with Crippen molar-refractivity contribution in [2.45, 2.75) is 62.6 Å². The highest BCUT2D eigenvalue weighted by Gasteiger charge is 2.33. The first-order chi connectivity index (χ1) is 19.6. The number of nitrogens with zero attached hydrogens (tertiary/aromatic N) is 2. The molecule has 7 nitrogen and oxygen atoms in total. The molecular weight excluding hydrogens is 605 g/mol. The third-order valence-corrected chi connectivity index (χ3v) is 9.92. The van der Waals surface area contributed by atoms with Crippen molar-refractivity contribution in [1.82, 2.24) is 10.2 Å². The van der Waals surface area contributed by atoms with Gasteiger partial charge < -0.3 is 10.2 Å². The Morgan fingerprint density at radius 3 is 2.27 bits per heavy atom. The third-order valence-electron chi connectivity index (χ3n) is 7.16. The van der Waals surface area contributed by atoms with E-state index >= 15 is 0 Å². The molecule has 41 heavy (non-hydrogen) atoms. The van der Waals surface area contributed by atoms with Gasteiger partial charge in [0, 0.05) is 17.6 Å². The molecule has 0 saturated heterocycles. The molecule has 1 aliphatic carbocycles. The van der Waals surface area contributed by atoms with Crippen LogP contribution in [0, 0.1) is 0 Å². The number of hydrogen-bond donors (Lipinski definition) is 1. The van der Waals surface area contributed by atoms with Crippen molar-refractivity contribution in [3.05, 3.63) is 93.4 Å². The van der Waals surface area contributed by atoms with E-state index in [2.05, 4.69) is 5.32 Å². The van der Waals surface area contributed by atoms with E-state index in [9.17, 15) is 18.0 Å². The summed E-state index contributed by atoms with van der Waals surface area (Å²) in [6.07, 6.45) is 5.00. The normalized spacial score (nSPS) is 14.7. The van der Waals surface area contributed by atoms with Crippen molar-refractivity contribution in [2.24, 2.45) is 0 Å². The van der Waals surface area contributed by atoms with E-state index in [0.29, 0.717) is 10.6 Å². The molecule has 1 saturated carbocycles. The van der Waals surface area contributed by atoms with Gasteiger partial charge in [0.05, 0.1) is 20.6 Å². The van der Waals surface area contributed by atoms with Gasteiger partial charge in [-0.1, -0.05) is 84.4 Å². The maximum atomic E-state index is 14.0. The minimum Gasteiger partial charge on any atom is -0.352 e. The zero-order valence-electron chi connectivity index (χ0n) is 22.6. The number of sulfonamides is 1. The molecular formula is C30H32Cl3N3O4S. The van der Waals surface area contributed by atoms with Gasteiger partial charge in [0.25, 0.3) is 10.0 Å². The van der Waals surface area contributed by atoms with Gasteiger partial charge in [0.1, 0.15) is 12.6 Å². The monoisotopic (exact) mass is 635 g/mol. The number of carbonyl (C=O) groups excluding carboxylic acids is 2. The van der Waals surface area contributed by atoms with Crippen molar-refractivity contribution < 1.29 is 18.0 Å². The molecule has 3 aromatic rings. The lowest BCUT2D eigenvalue weighted by Gasteiger charge is -2.33. The number of hydrogen-bond acceptors (Lipinski definition) is 4. The molecule has 11 heteroatoms. The fraction of sp³-hybridized carbons (Fsp3) is 0.333. The highest BCUT2D eigenvalue weighted by atomic mass is 35.5. The van der Waals surface area contributed by atoms with Crippen LogP contribution in [0.5, 0.6) is 0 Å². The molecule has 218 valence electrons.